The molecule has 0 aliphatic heterocycles. The Morgan fingerprint density at radius 3 is 2.61 bits per heavy atom. The number of nitrogens with zero attached hydrogens (tertiary/aromatic N) is 1. The summed E-state index contributed by atoms with van der Waals surface area (Å²) in [6.07, 6.45) is 0. The standard InChI is InChI=1S/C13H20N2O2S/c1-4-15(5-2)13(16)9-18-12-8-10(17-3)6-7-11(12)14/h6-8H,4-5,9,14H2,1-3H3. The second-order valence-corrected chi connectivity index (χ2v) is 4.78. The zero-order chi connectivity index (χ0) is 13.5. The molecule has 1 aromatic carbocycles. The Kier molecular flexibility index (Phi) is 5.85. The third kappa shape index (κ3) is 3.84. The summed E-state index contributed by atoms with van der Waals surface area (Å²) in [5.41, 5.74) is 6.54. The lowest BCUT2D eigenvalue weighted by molar-refractivity contribution is -0.127. The number of hydrogen-bond acceptors (Lipinski definition) is 4. The van der Waals surface area contributed by atoms with Crippen LogP contribution in [0.3, 0.4) is 0 Å². The Labute approximate surface area is 112 Å². The summed E-state index contributed by atoms with van der Waals surface area (Å²) < 4.78 is 5.14. The van der Waals surface area contributed by atoms with Gasteiger partial charge in [-0.1, -0.05) is 0 Å². The van der Waals surface area contributed by atoms with E-state index in [0.717, 1.165) is 23.7 Å². The smallest absolute Gasteiger partial charge is 0.232 e. The van der Waals surface area contributed by atoms with Crippen LogP contribution < -0.4 is 10.5 Å². The van der Waals surface area contributed by atoms with Gasteiger partial charge < -0.3 is 15.4 Å². The third-order valence-electron chi connectivity index (χ3n) is 2.69. The number of methoxy groups -OCH3 is 1. The number of ether oxygens (including phenoxy) is 1. The summed E-state index contributed by atoms with van der Waals surface area (Å²) in [5, 5.41) is 0. The van der Waals surface area contributed by atoms with Crippen LogP contribution >= 0.6 is 11.8 Å². The van der Waals surface area contributed by atoms with Crippen molar-refractivity contribution in [2.75, 3.05) is 31.7 Å². The monoisotopic (exact) mass is 268 g/mol. The largest absolute Gasteiger partial charge is 0.497 e. The molecule has 1 amide bonds. The normalized spacial score (nSPS) is 10.2. The van der Waals surface area contributed by atoms with E-state index >= 15 is 0 Å². The van der Waals surface area contributed by atoms with E-state index in [2.05, 4.69) is 0 Å². The van der Waals surface area contributed by atoms with Crippen molar-refractivity contribution in [2.24, 2.45) is 0 Å². The average molecular weight is 268 g/mol. The van der Waals surface area contributed by atoms with Crippen LogP contribution in [0.25, 0.3) is 0 Å². The van der Waals surface area contributed by atoms with Gasteiger partial charge in [-0.05, 0) is 32.0 Å². The molecular formula is C13H20N2O2S. The zero-order valence-corrected chi connectivity index (χ0v) is 11.9. The lowest BCUT2D eigenvalue weighted by atomic mass is 10.3. The molecule has 0 saturated carbocycles. The predicted molar refractivity (Wildman–Crippen MR) is 76.1 cm³/mol. The molecule has 0 saturated heterocycles. The van der Waals surface area contributed by atoms with Crippen molar-refractivity contribution in [1.82, 2.24) is 4.90 Å². The van der Waals surface area contributed by atoms with Gasteiger partial charge in [-0.15, -0.1) is 11.8 Å². The fourth-order valence-electron chi connectivity index (χ4n) is 1.57. The van der Waals surface area contributed by atoms with Gasteiger partial charge in [0.05, 0.1) is 12.9 Å². The quantitative estimate of drug-likeness (QED) is 0.635. The van der Waals surface area contributed by atoms with Crippen LogP contribution in [0.5, 0.6) is 5.75 Å². The zero-order valence-electron chi connectivity index (χ0n) is 11.1. The molecule has 1 rings (SSSR count). The van der Waals surface area contributed by atoms with Crippen molar-refractivity contribution in [3.8, 4) is 5.75 Å². The summed E-state index contributed by atoms with van der Waals surface area (Å²) >= 11 is 1.45. The van der Waals surface area contributed by atoms with E-state index in [9.17, 15) is 4.79 Å². The summed E-state index contributed by atoms with van der Waals surface area (Å²) in [5.74, 6) is 1.29. The van der Waals surface area contributed by atoms with E-state index in [-0.39, 0.29) is 5.91 Å². The van der Waals surface area contributed by atoms with Crippen molar-refractivity contribution < 1.29 is 9.53 Å². The van der Waals surface area contributed by atoms with Gasteiger partial charge in [-0.2, -0.15) is 0 Å². The molecule has 0 radical (unpaired) electrons. The van der Waals surface area contributed by atoms with Gasteiger partial charge in [0, 0.05) is 23.7 Å². The van der Waals surface area contributed by atoms with E-state index in [1.54, 1.807) is 13.2 Å². The second-order valence-electron chi connectivity index (χ2n) is 3.76. The molecule has 0 aliphatic rings. The Balaban J connectivity index is 2.65. The van der Waals surface area contributed by atoms with E-state index < -0.39 is 0 Å². The molecule has 4 nitrogen and oxygen atoms in total. The molecule has 100 valence electrons. The topological polar surface area (TPSA) is 55.6 Å². The maximum atomic E-state index is 11.9. The molecule has 5 heteroatoms. The molecule has 18 heavy (non-hydrogen) atoms. The number of nitrogen functional groups attached to an aromatic ring is 1. The van der Waals surface area contributed by atoms with Crippen LogP contribution in [-0.2, 0) is 4.79 Å². The number of thioether (sulfide) groups is 1. The Morgan fingerprint density at radius 2 is 2.06 bits per heavy atom. The van der Waals surface area contributed by atoms with Crippen LogP contribution in [-0.4, -0.2) is 36.8 Å². The van der Waals surface area contributed by atoms with Gasteiger partial charge in [0.2, 0.25) is 5.91 Å². The van der Waals surface area contributed by atoms with E-state index in [1.165, 1.54) is 11.8 Å². The number of anilines is 1. The first kappa shape index (κ1) is 14.7. The first-order valence-electron chi connectivity index (χ1n) is 5.96. The first-order valence-corrected chi connectivity index (χ1v) is 6.95. The SMILES string of the molecule is CCN(CC)C(=O)CSc1cc(OC)ccc1N. The number of carbonyl (C=O) groups excluding carboxylic acids is 1. The predicted octanol–water partition coefficient (Wildman–Crippen LogP) is 2.24. The maximum Gasteiger partial charge on any atom is 0.232 e. The fraction of sp³-hybridized carbons (Fsp3) is 0.462. The van der Waals surface area contributed by atoms with E-state index in [4.69, 9.17) is 10.5 Å². The molecule has 0 heterocycles. The van der Waals surface area contributed by atoms with Gasteiger partial charge in [0.1, 0.15) is 5.75 Å². The van der Waals surface area contributed by atoms with Gasteiger partial charge in [-0.25, -0.2) is 0 Å². The van der Waals surface area contributed by atoms with Gasteiger partial charge >= 0.3 is 0 Å². The first-order chi connectivity index (χ1) is 8.62. The highest BCUT2D eigenvalue weighted by Crippen LogP contribution is 2.29. The number of carbonyl (C=O) groups is 1. The number of amides is 1. The number of hydrogen-bond donors (Lipinski definition) is 1. The lowest BCUT2D eigenvalue weighted by Crippen LogP contribution is -2.31. The molecule has 2 N–H and O–H groups in total. The lowest BCUT2D eigenvalue weighted by Gasteiger charge is -2.18. The van der Waals surface area contributed by atoms with Gasteiger partial charge in [-0.3, -0.25) is 4.79 Å². The summed E-state index contributed by atoms with van der Waals surface area (Å²) in [4.78, 5) is 14.6. The average Bonchev–Trinajstić information content (AvgIpc) is 2.39. The summed E-state index contributed by atoms with van der Waals surface area (Å²) in [7, 11) is 1.61. The Hall–Kier alpha value is -1.36. The minimum absolute atomic E-state index is 0.132. The van der Waals surface area contributed by atoms with Gasteiger partial charge in [0.25, 0.3) is 0 Å². The highest BCUT2D eigenvalue weighted by Gasteiger charge is 2.11. The molecule has 1 aromatic rings. The van der Waals surface area contributed by atoms with Crippen LogP contribution in [0.4, 0.5) is 5.69 Å². The van der Waals surface area contributed by atoms with Crippen molar-refractivity contribution in [3.05, 3.63) is 18.2 Å². The fourth-order valence-corrected chi connectivity index (χ4v) is 2.47. The van der Waals surface area contributed by atoms with E-state index in [0.29, 0.717) is 11.4 Å². The minimum atomic E-state index is 0.132. The van der Waals surface area contributed by atoms with Crippen molar-refractivity contribution in [1.29, 1.82) is 0 Å². The maximum absolute atomic E-state index is 11.9. The van der Waals surface area contributed by atoms with Crippen LogP contribution in [0.15, 0.2) is 23.1 Å². The highest BCUT2D eigenvalue weighted by atomic mass is 32.2. The molecule has 0 unspecified atom stereocenters. The molecule has 0 bridgehead atoms. The molecule has 0 aromatic heterocycles. The second kappa shape index (κ2) is 7.16. The van der Waals surface area contributed by atoms with Crippen LogP contribution in [0.2, 0.25) is 0 Å². The van der Waals surface area contributed by atoms with Crippen molar-refractivity contribution in [2.45, 2.75) is 18.7 Å². The minimum Gasteiger partial charge on any atom is -0.497 e. The molecule has 0 fully saturated rings. The third-order valence-corrected chi connectivity index (χ3v) is 3.74. The van der Waals surface area contributed by atoms with Crippen molar-refractivity contribution in [3.63, 3.8) is 0 Å². The van der Waals surface area contributed by atoms with Crippen molar-refractivity contribution >= 4 is 23.4 Å². The van der Waals surface area contributed by atoms with E-state index in [1.807, 2.05) is 30.9 Å². The van der Waals surface area contributed by atoms with Gasteiger partial charge in [0.15, 0.2) is 0 Å². The molecule has 0 atom stereocenters. The number of rotatable bonds is 6. The Morgan fingerprint density at radius 1 is 1.39 bits per heavy atom. The molecule has 0 aliphatic carbocycles. The van der Waals surface area contributed by atoms with Crippen LogP contribution in [0.1, 0.15) is 13.8 Å². The highest BCUT2D eigenvalue weighted by molar-refractivity contribution is 8.00. The number of nitrogens with two attached hydrogens (primary N) is 1. The molecular weight excluding hydrogens is 248 g/mol. The molecule has 0 spiro atoms. The number of benzene rings is 1. The Bertz CT molecular complexity index is 406. The summed E-state index contributed by atoms with van der Waals surface area (Å²) in [6.45, 7) is 5.44. The van der Waals surface area contributed by atoms with Crippen LogP contribution in [0, 0.1) is 0 Å². The summed E-state index contributed by atoms with van der Waals surface area (Å²) in [6, 6.07) is 5.46.